The fraction of sp³-hybridized carbons (Fsp3) is 0.727. The number of nitrogens with one attached hydrogen (secondary N) is 2. The summed E-state index contributed by atoms with van der Waals surface area (Å²) in [5.74, 6) is 0.980. The van der Waals surface area contributed by atoms with Crippen molar-refractivity contribution in [1.82, 2.24) is 15.6 Å². The standard InChI is InChI=1S/C11H19N3S/c1-9-11(15-8-14-9)7-13-5-4-12-6-10-2-3-10/h8,10,12-13H,2-7H2,1H3. The van der Waals surface area contributed by atoms with Crippen LogP contribution in [-0.2, 0) is 6.54 Å². The molecular formula is C11H19N3S. The van der Waals surface area contributed by atoms with Crippen LogP contribution in [-0.4, -0.2) is 24.6 Å². The molecule has 4 heteroatoms. The Morgan fingerprint density at radius 3 is 2.87 bits per heavy atom. The van der Waals surface area contributed by atoms with Crippen LogP contribution < -0.4 is 10.6 Å². The summed E-state index contributed by atoms with van der Waals surface area (Å²) < 4.78 is 0. The van der Waals surface area contributed by atoms with Gasteiger partial charge in [-0.1, -0.05) is 0 Å². The van der Waals surface area contributed by atoms with Crippen LogP contribution in [0.4, 0.5) is 0 Å². The Balaban J connectivity index is 1.49. The van der Waals surface area contributed by atoms with Gasteiger partial charge in [0.15, 0.2) is 0 Å². The van der Waals surface area contributed by atoms with Crippen LogP contribution in [0.3, 0.4) is 0 Å². The summed E-state index contributed by atoms with van der Waals surface area (Å²) in [6, 6.07) is 0. The largest absolute Gasteiger partial charge is 0.315 e. The molecule has 3 nitrogen and oxygen atoms in total. The Labute approximate surface area is 95.3 Å². The third kappa shape index (κ3) is 3.89. The van der Waals surface area contributed by atoms with Crippen molar-refractivity contribution in [2.75, 3.05) is 19.6 Å². The minimum absolute atomic E-state index is 0.960. The molecule has 2 N–H and O–H groups in total. The highest BCUT2D eigenvalue weighted by Crippen LogP contribution is 2.27. The first-order valence-electron chi connectivity index (χ1n) is 5.66. The molecule has 15 heavy (non-hydrogen) atoms. The quantitative estimate of drug-likeness (QED) is 0.691. The first-order valence-corrected chi connectivity index (χ1v) is 6.54. The van der Waals surface area contributed by atoms with Crippen LogP contribution in [0.2, 0.25) is 0 Å². The topological polar surface area (TPSA) is 37.0 Å². The highest BCUT2D eigenvalue weighted by molar-refractivity contribution is 7.09. The first-order chi connectivity index (χ1) is 7.36. The van der Waals surface area contributed by atoms with Crippen molar-refractivity contribution in [3.63, 3.8) is 0 Å². The first kappa shape index (κ1) is 11.0. The van der Waals surface area contributed by atoms with E-state index in [1.165, 1.54) is 30.0 Å². The van der Waals surface area contributed by atoms with E-state index < -0.39 is 0 Å². The number of hydrogen-bond acceptors (Lipinski definition) is 4. The lowest BCUT2D eigenvalue weighted by Crippen LogP contribution is -2.28. The van der Waals surface area contributed by atoms with Gasteiger partial charge in [0, 0.05) is 24.5 Å². The lowest BCUT2D eigenvalue weighted by Gasteiger charge is -2.05. The van der Waals surface area contributed by atoms with Gasteiger partial charge >= 0.3 is 0 Å². The molecule has 1 heterocycles. The molecule has 0 bridgehead atoms. The van der Waals surface area contributed by atoms with E-state index in [0.717, 1.165) is 25.6 Å². The van der Waals surface area contributed by atoms with Crippen molar-refractivity contribution in [2.24, 2.45) is 5.92 Å². The molecular weight excluding hydrogens is 206 g/mol. The summed E-state index contributed by atoms with van der Waals surface area (Å²) in [5, 5.41) is 6.90. The molecule has 0 aromatic carbocycles. The molecule has 0 radical (unpaired) electrons. The Morgan fingerprint density at radius 1 is 1.40 bits per heavy atom. The fourth-order valence-electron chi connectivity index (χ4n) is 1.50. The van der Waals surface area contributed by atoms with E-state index in [9.17, 15) is 0 Å². The summed E-state index contributed by atoms with van der Waals surface area (Å²) >= 11 is 1.73. The van der Waals surface area contributed by atoms with Gasteiger partial charge in [-0.15, -0.1) is 11.3 Å². The zero-order valence-corrected chi connectivity index (χ0v) is 10.1. The number of aromatic nitrogens is 1. The average Bonchev–Trinajstić information content (AvgIpc) is 2.96. The molecule has 84 valence electrons. The maximum absolute atomic E-state index is 4.23. The van der Waals surface area contributed by atoms with Crippen LogP contribution in [0.5, 0.6) is 0 Å². The highest BCUT2D eigenvalue weighted by atomic mass is 32.1. The highest BCUT2D eigenvalue weighted by Gasteiger charge is 2.19. The second kappa shape index (κ2) is 5.58. The van der Waals surface area contributed by atoms with Gasteiger partial charge in [0.1, 0.15) is 0 Å². The van der Waals surface area contributed by atoms with Crippen molar-refractivity contribution in [3.05, 3.63) is 16.1 Å². The number of thiazole rings is 1. The summed E-state index contributed by atoms with van der Waals surface area (Å²) in [5.41, 5.74) is 3.08. The second-order valence-electron chi connectivity index (χ2n) is 4.19. The lowest BCUT2D eigenvalue weighted by atomic mass is 10.4. The minimum atomic E-state index is 0.960. The van der Waals surface area contributed by atoms with Gasteiger partial charge in [-0.05, 0) is 32.2 Å². The van der Waals surface area contributed by atoms with Gasteiger partial charge in [-0.2, -0.15) is 0 Å². The third-order valence-corrected chi connectivity index (χ3v) is 3.67. The molecule has 0 aliphatic heterocycles. The van der Waals surface area contributed by atoms with Crippen molar-refractivity contribution in [2.45, 2.75) is 26.3 Å². The molecule has 0 atom stereocenters. The third-order valence-electron chi connectivity index (χ3n) is 2.74. The average molecular weight is 225 g/mol. The maximum atomic E-state index is 4.23. The van der Waals surface area contributed by atoms with Crippen molar-refractivity contribution in [1.29, 1.82) is 0 Å². The fourth-order valence-corrected chi connectivity index (χ4v) is 2.25. The summed E-state index contributed by atoms with van der Waals surface area (Å²) in [7, 11) is 0. The van der Waals surface area contributed by atoms with E-state index >= 15 is 0 Å². The molecule has 1 aliphatic carbocycles. The molecule has 0 unspecified atom stereocenters. The van der Waals surface area contributed by atoms with Crippen LogP contribution >= 0.6 is 11.3 Å². The molecule has 0 spiro atoms. The number of nitrogens with zero attached hydrogens (tertiary/aromatic N) is 1. The van der Waals surface area contributed by atoms with E-state index in [0.29, 0.717) is 0 Å². The van der Waals surface area contributed by atoms with E-state index in [1.54, 1.807) is 11.3 Å². The predicted octanol–water partition coefficient (Wildman–Crippen LogP) is 1.54. The zero-order valence-electron chi connectivity index (χ0n) is 9.25. The Kier molecular flexibility index (Phi) is 4.11. The Hall–Kier alpha value is -0.450. The second-order valence-corrected chi connectivity index (χ2v) is 5.12. The van der Waals surface area contributed by atoms with E-state index in [2.05, 4.69) is 22.5 Å². The smallest absolute Gasteiger partial charge is 0.0798 e. The minimum Gasteiger partial charge on any atom is -0.315 e. The maximum Gasteiger partial charge on any atom is 0.0798 e. The molecule has 0 amide bonds. The molecule has 0 saturated heterocycles. The summed E-state index contributed by atoms with van der Waals surface area (Å²) in [6.07, 6.45) is 2.86. The summed E-state index contributed by atoms with van der Waals surface area (Å²) in [6.45, 7) is 6.36. The predicted molar refractivity (Wildman–Crippen MR) is 64.2 cm³/mol. The van der Waals surface area contributed by atoms with Crippen molar-refractivity contribution >= 4 is 11.3 Å². The normalized spacial score (nSPS) is 15.8. The lowest BCUT2D eigenvalue weighted by molar-refractivity contribution is 0.590. The molecule has 1 aliphatic rings. The zero-order chi connectivity index (χ0) is 10.5. The Bertz CT molecular complexity index is 294. The molecule has 1 saturated carbocycles. The number of aryl methyl sites for hydroxylation is 1. The van der Waals surface area contributed by atoms with Crippen molar-refractivity contribution in [3.8, 4) is 0 Å². The van der Waals surface area contributed by atoms with Crippen LogP contribution in [0.15, 0.2) is 5.51 Å². The van der Waals surface area contributed by atoms with Crippen LogP contribution in [0.1, 0.15) is 23.4 Å². The molecule has 1 aromatic heterocycles. The van der Waals surface area contributed by atoms with Gasteiger partial charge in [0.05, 0.1) is 11.2 Å². The van der Waals surface area contributed by atoms with Gasteiger partial charge in [-0.25, -0.2) is 4.98 Å². The van der Waals surface area contributed by atoms with Gasteiger partial charge in [0.25, 0.3) is 0 Å². The van der Waals surface area contributed by atoms with Crippen molar-refractivity contribution < 1.29 is 0 Å². The van der Waals surface area contributed by atoms with Gasteiger partial charge in [0.2, 0.25) is 0 Å². The van der Waals surface area contributed by atoms with E-state index in [1.807, 2.05) is 5.51 Å². The van der Waals surface area contributed by atoms with Gasteiger partial charge in [-0.3, -0.25) is 0 Å². The number of hydrogen-bond donors (Lipinski definition) is 2. The van der Waals surface area contributed by atoms with E-state index in [4.69, 9.17) is 0 Å². The Morgan fingerprint density at radius 2 is 2.20 bits per heavy atom. The molecule has 1 fully saturated rings. The SMILES string of the molecule is Cc1ncsc1CNCCNCC1CC1. The number of rotatable bonds is 7. The summed E-state index contributed by atoms with van der Waals surface area (Å²) in [4.78, 5) is 5.58. The molecule has 2 rings (SSSR count). The van der Waals surface area contributed by atoms with Crippen LogP contribution in [0, 0.1) is 12.8 Å². The molecule has 1 aromatic rings. The van der Waals surface area contributed by atoms with Crippen LogP contribution in [0.25, 0.3) is 0 Å². The van der Waals surface area contributed by atoms with E-state index in [-0.39, 0.29) is 0 Å². The van der Waals surface area contributed by atoms with Gasteiger partial charge < -0.3 is 10.6 Å². The monoisotopic (exact) mass is 225 g/mol.